The predicted octanol–water partition coefficient (Wildman–Crippen LogP) is 5.69. The molecule has 23 heavy (non-hydrogen) atoms. The summed E-state index contributed by atoms with van der Waals surface area (Å²) in [5.74, 6) is 1.26. The average molecular weight is 390 g/mol. The first-order chi connectivity index (χ1) is 11.1. The summed E-state index contributed by atoms with van der Waals surface area (Å²) in [6.07, 6.45) is 0. The molecule has 0 bridgehead atoms. The van der Waals surface area contributed by atoms with Gasteiger partial charge < -0.3 is 10.6 Å². The maximum absolute atomic E-state index is 5.90. The van der Waals surface area contributed by atoms with Crippen molar-refractivity contribution in [2.75, 3.05) is 10.6 Å². The summed E-state index contributed by atoms with van der Waals surface area (Å²) in [6, 6.07) is 17.2. The predicted molar refractivity (Wildman–Crippen MR) is 98.9 cm³/mol. The van der Waals surface area contributed by atoms with Gasteiger partial charge in [-0.25, -0.2) is 4.98 Å². The van der Waals surface area contributed by atoms with Gasteiger partial charge in [0.15, 0.2) is 0 Å². The fraction of sp³-hybridized carbons (Fsp3) is 0.0588. The second kappa shape index (κ2) is 6.98. The molecule has 1 aromatic heterocycles. The molecule has 4 nitrogen and oxygen atoms in total. The largest absolute Gasteiger partial charge is 0.340 e. The Morgan fingerprint density at radius 3 is 2.43 bits per heavy atom. The second-order valence-corrected chi connectivity index (χ2v) is 6.34. The van der Waals surface area contributed by atoms with Crippen molar-refractivity contribution in [2.45, 2.75) is 6.92 Å². The van der Waals surface area contributed by atoms with E-state index in [1.54, 1.807) is 0 Å². The Morgan fingerprint density at radius 1 is 0.913 bits per heavy atom. The molecular formula is C17H14BrClN4. The number of hydrogen-bond donors (Lipinski definition) is 2. The zero-order valence-corrected chi connectivity index (χ0v) is 14.7. The molecule has 0 aliphatic carbocycles. The normalized spacial score (nSPS) is 10.4. The molecule has 1 heterocycles. The Bertz CT molecular complexity index is 821. The quantitative estimate of drug-likeness (QED) is 0.602. The third-order valence-electron chi connectivity index (χ3n) is 3.05. The van der Waals surface area contributed by atoms with Gasteiger partial charge in [0.25, 0.3) is 0 Å². The van der Waals surface area contributed by atoms with Gasteiger partial charge in [-0.15, -0.1) is 0 Å². The Labute approximate surface area is 148 Å². The maximum Gasteiger partial charge on any atom is 0.229 e. The minimum Gasteiger partial charge on any atom is -0.340 e. The van der Waals surface area contributed by atoms with Crippen LogP contribution in [0.2, 0.25) is 5.02 Å². The van der Waals surface area contributed by atoms with Gasteiger partial charge in [0.1, 0.15) is 5.82 Å². The Hall–Kier alpha value is -2.11. The van der Waals surface area contributed by atoms with Gasteiger partial charge in [0, 0.05) is 32.6 Å². The highest BCUT2D eigenvalue weighted by Gasteiger charge is 2.04. The topological polar surface area (TPSA) is 49.8 Å². The molecule has 0 radical (unpaired) electrons. The van der Waals surface area contributed by atoms with E-state index in [4.69, 9.17) is 11.6 Å². The number of benzene rings is 2. The minimum absolute atomic E-state index is 0.541. The lowest BCUT2D eigenvalue weighted by Gasteiger charge is -2.10. The molecule has 0 atom stereocenters. The molecule has 0 aliphatic rings. The molecule has 116 valence electrons. The first-order valence-corrected chi connectivity index (χ1v) is 8.16. The minimum atomic E-state index is 0.541. The third-order valence-corrected chi connectivity index (χ3v) is 3.80. The Balaban J connectivity index is 1.82. The van der Waals surface area contributed by atoms with E-state index in [1.165, 1.54) is 0 Å². The summed E-state index contributed by atoms with van der Waals surface area (Å²) in [7, 11) is 0. The summed E-state index contributed by atoms with van der Waals surface area (Å²) >= 11 is 9.35. The van der Waals surface area contributed by atoms with Gasteiger partial charge in [0.2, 0.25) is 5.95 Å². The van der Waals surface area contributed by atoms with Crippen LogP contribution < -0.4 is 10.6 Å². The van der Waals surface area contributed by atoms with Crippen LogP contribution in [-0.2, 0) is 0 Å². The number of aryl methyl sites for hydroxylation is 1. The first-order valence-electron chi connectivity index (χ1n) is 6.99. The van der Waals surface area contributed by atoms with Crippen LogP contribution in [0.25, 0.3) is 0 Å². The van der Waals surface area contributed by atoms with E-state index >= 15 is 0 Å². The summed E-state index contributed by atoms with van der Waals surface area (Å²) in [5.41, 5.74) is 2.71. The van der Waals surface area contributed by atoms with E-state index in [0.29, 0.717) is 11.0 Å². The smallest absolute Gasteiger partial charge is 0.229 e. The third kappa shape index (κ3) is 4.43. The molecule has 0 aliphatic heterocycles. The van der Waals surface area contributed by atoms with E-state index in [-0.39, 0.29) is 0 Å². The van der Waals surface area contributed by atoms with E-state index in [1.807, 2.05) is 61.5 Å². The van der Waals surface area contributed by atoms with E-state index in [2.05, 4.69) is 36.5 Å². The number of anilines is 4. The van der Waals surface area contributed by atoms with E-state index < -0.39 is 0 Å². The Morgan fingerprint density at radius 2 is 1.70 bits per heavy atom. The zero-order chi connectivity index (χ0) is 16.2. The number of nitrogens with one attached hydrogen (secondary N) is 2. The van der Waals surface area contributed by atoms with Crippen molar-refractivity contribution in [3.05, 3.63) is 69.8 Å². The number of nitrogens with zero attached hydrogens (tertiary/aromatic N) is 2. The lowest BCUT2D eigenvalue weighted by Crippen LogP contribution is -2.02. The van der Waals surface area contributed by atoms with Crippen molar-refractivity contribution in [3.63, 3.8) is 0 Å². The van der Waals surface area contributed by atoms with Gasteiger partial charge in [0.05, 0.1) is 0 Å². The molecule has 2 N–H and O–H groups in total. The van der Waals surface area contributed by atoms with Gasteiger partial charge in [-0.1, -0.05) is 33.6 Å². The van der Waals surface area contributed by atoms with Gasteiger partial charge in [-0.3, -0.25) is 0 Å². The fourth-order valence-electron chi connectivity index (χ4n) is 2.06. The van der Waals surface area contributed by atoms with Crippen molar-refractivity contribution >= 4 is 50.7 Å². The van der Waals surface area contributed by atoms with Crippen molar-refractivity contribution in [1.82, 2.24) is 9.97 Å². The number of hydrogen-bond acceptors (Lipinski definition) is 4. The number of halogens is 2. The molecule has 0 saturated carbocycles. The van der Waals surface area contributed by atoms with Crippen molar-refractivity contribution < 1.29 is 0 Å². The highest BCUT2D eigenvalue weighted by molar-refractivity contribution is 9.10. The van der Waals surface area contributed by atoms with Crippen LogP contribution in [-0.4, -0.2) is 9.97 Å². The van der Waals surface area contributed by atoms with Crippen LogP contribution in [0.1, 0.15) is 5.69 Å². The molecule has 0 amide bonds. The molecule has 0 fully saturated rings. The van der Waals surface area contributed by atoms with Gasteiger partial charge >= 0.3 is 0 Å². The van der Waals surface area contributed by atoms with Crippen LogP contribution in [0.5, 0.6) is 0 Å². The zero-order valence-electron chi connectivity index (χ0n) is 12.3. The molecule has 0 saturated heterocycles. The summed E-state index contributed by atoms with van der Waals surface area (Å²) in [4.78, 5) is 8.91. The van der Waals surface area contributed by atoms with Gasteiger partial charge in [-0.05, 0) is 49.4 Å². The van der Waals surface area contributed by atoms with Crippen molar-refractivity contribution in [2.24, 2.45) is 0 Å². The molecule has 3 aromatic rings. The SMILES string of the molecule is Cc1cc(Nc2ccc(Cl)cc2)nc(Nc2cccc(Br)c2)n1. The fourth-order valence-corrected chi connectivity index (χ4v) is 2.59. The van der Waals surface area contributed by atoms with E-state index in [0.717, 1.165) is 27.4 Å². The van der Waals surface area contributed by atoms with Crippen LogP contribution >= 0.6 is 27.5 Å². The van der Waals surface area contributed by atoms with Gasteiger partial charge in [-0.2, -0.15) is 4.98 Å². The average Bonchev–Trinajstić information content (AvgIpc) is 2.49. The van der Waals surface area contributed by atoms with Crippen LogP contribution in [0.15, 0.2) is 59.1 Å². The molecule has 3 rings (SSSR count). The standard InChI is InChI=1S/C17H14BrClN4/c1-11-9-16(21-14-7-5-13(19)6-8-14)23-17(20-11)22-15-4-2-3-12(18)10-15/h2-10H,1H3,(H2,20,21,22,23). The summed E-state index contributed by atoms with van der Waals surface area (Å²) in [6.45, 7) is 1.93. The lowest BCUT2D eigenvalue weighted by atomic mass is 10.3. The van der Waals surface area contributed by atoms with Crippen LogP contribution in [0.3, 0.4) is 0 Å². The van der Waals surface area contributed by atoms with E-state index in [9.17, 15) is 0 Å². The molecule has 0 unspecified atom stereocenters. The summed E-state index contributed by atoms with van der Waals surface area (Å²) in [5, 5.41) is 7.16. The van der Waals surface area contributed by atoms with Crippen molar-refractivity contribution in [3.8, 4) is 0 Å². The highest BCUT2D eigenvalue weighted by atomic mass is 79.9. The Kier molecular flexibility index (Phi) is 4.79. The van der Waals surface area contributed by atoms with Crippen LogP contribution in [0.4, 0.5) is 23.1 Å². The monoisotopic (exact) mass is 388 g/mol. The van der Waals surface area contributed by atoms with Crippen molar-refractivity contribution in [1.29, 1.82) is 0 Å². The summed E-state index contributed by atoms with van der Waals surface area (Å²) < 4.78 is 0.995. The first kappa shape index (κ1) is 15.8. The highest BCUT2D eigenvalue weighted by Crippen LogP contribution is 2.22. The number of rotatable bonds is 4. The molecule has 2 aromatic carbocycles. The lowest BCUT2D eigenvalue weighted by molar-refractivity contribution is 1.11. The maximum atomic E-state index is 5.90. The second-order valence-electron chi connectivity index (χ2n) is 4.99. The van der Waals surface area contributed by atoms with Crippen LogP contribution in [0, 0.1) is 6.92 Å². The molecular weight excluding hydrogens is 376 g/mol. The molecule has 0 spiro atoms. The number of aromatic nitrogens is 2. The molecule has 6 heteroatoms.